The van der Waals surface area contributed by atoms with Crippen molar-refractivity contribution in [1.29, 1.82) is 0 Å². The number of ether oxygens (including phenoxy) is 2. The van der Waals surface area contributed by atoms with Crippen molar-refractivity contribution in [3.8, 4) is 11.5 Å². The smallest absolute Gasteiger partial charge is 0.259 e. The Bertz CT molecular complexity index is 849. The minimum absolute atomic E-state index is 0.234. The number of anilines is 2. The van der Waals surface area contributed by atoms with Crippen LogP contribution in [0.5, 0.6) is 11.5 Å². The number of rotatable bonds is 6. The number of hydrogen-bond donors (Lipinski definition) is 2. The fraction of sp³-hybridized carbons (Fsp3) is 0.188. The van der Waals surface area contributed by atoms with E-state index in [1.54, 1.807) is 36.4 Å². The van der Waals surface area contributed by atoms with Gasteiger partial charge in [-0.3, -0.25) is 9.52 Å². The van der Waals surface area contributed by atoms with E-state index in [2.05, 4.69) is 10.0 Å². The number of carbonyl (C=O) groups excluding carboxylic acids is 1. The van der Waals surface area contributed by atoms with E-state index in [4.69, 9.17) is 9.47 Å². The standard InChI is InChI=1S/C16H18N2O5S/c1-22-14-7-5-4-6-12(14)16(19)17-11-8-9-15(23-2)13(10-11)18-24(3,20)21/h4-10,18H,1-3H3,(H,17,19). The van der Waals surface area contributed by atoms with Gasteiger partial charge in [0.25, 0.3) is 5.91 Å². The highest BCUT2D eigenvalue weighted by molar-refractivity contribution is 7.92. The van der Waals surface area contributed by atoms with Crippen LogP contribution in [0, 0.1) is 0 Å². The third-order valence-corrected chi connectivity index (χ3v) is 3.70. The number of carbonyl (C=O) groups is 1. The first-order valence-corrected chi connectivity index (χ1v) is 8.83. The van der Waals surface area contributed by atoms with E-state index in [1.807, 2.05) is 0 Å². The molecule has 0 aliphatic carbocycles. The van der Waals surface area contributed by atoms with Gasteiger partial charge in [-0.2, -0.15) is 0 Å². The normalized spacial score (nSPS) is 10.8. The maximum Gasteiger partial charge on any atom is 0.259 e. The predicted octanol–water partition coefficient (Wildman–Crippen LogP) is 2.33. The average molecular weight is 350 g/mol. The minimum Gasteiger partial charge on any atom is -0.496 e. The van der Waals surface area contributed by atoms with Crippen LogP contribution in [0.15, 0.2) is 42.5 Å². The summed E-state index contributed by atoms with van der Waals surface area (Å²) in [5, 5.41) is 2.70. The fourth-order valence-electron chi connectivity index (χ4n) is 2.10. The quantitative estimate of drug-likeness (QED) is 0.834. The second kappa shape index (κ2) is 7.22. The molecule has 0 bridgehead atoms. The van der Waals surface area contributed by atoms with Crippen molar-refractivity contribution in [3.05, 3.63) is 48.0 Å². The van der Waals surface area contributed by atoms with Crippen LogP contribution in [-0.2, 0) is 10.0 Å². The van der Waals surface area contributed by atoms with Crippen LogP contribution >= 0.6 is 0 Å². The first-order chi connectivity index (χ1) is 11.3. The molecule has 0 fully saturated rings. The molecule has 0 saturated heterocycles. The zero-order chi connectivity index (χ0) is 17.7. The highest BCUT2D eigenvalue weighted by atomic mass is 32.2. The van der Waals surface area contributed by atoms with E-state index in [0.29, 0.717) is 22.7 Å². The van der Waals surface area contributed by atoms with Crippen molar-refractivity contribution < 1.29 is 22.7 Å². The van der Waals surface area contributed by atoms with Gasteiger partial charge in [-0.05, 0) is 30.3 Å². The first-order valence-electron chi connectivity index (χ1n) is 6.94. The first kappa shape index (κ1) is 17.6. The molecule has 0 spiro atoms. The largest absolute Gasteiger partial charge is 0.496 e. The SMILES string of the molecule is COc1ccc(NC(=O)c2ccccc2OC)cc1NS(C)(=O)=O. The summed E-state index contributed by atoms with van der Waals surface area (Å²) in [5.74, 6) is 0.414. The summed E-state index contributed by atoms with van der Waals surface area (Å²) >= 11 is 0. The fourth-order valence-corrected chi connectivity index (χ4v) is 2.65. The number of benzene rings is 2. The molecule has 8 heteroatoms. The molecule has 0 heterocycles. The number of hydrogen-bond acceptors (Lipinski definition) is 5. The topological polar surface area (TPSA) is 93.7 Å². The third kappa shape index (κ3) is 4.39. The predicted molar refractivity (Wildman–Crippen MR) is 92.4 cm³/mol. The van der Waals surface area contributed by atoms with Crippen molar-refractivity contribution in [1.82, 2.24) is 0 Å². The molecule has 0 saturated carbocycles. The number of methoxy groups -OCH3 is 2. The van der Waals surface area contributed by atoms with Gasteiger partial charge in [0.15, 0.2) is 0 Å². The highest BCUT2D eigenvalue weighted by Crippen LogP contribution is 2.29. The van der Waals surface area contributed by atoms with E-state index in [0.717, 1.165) is 6.26 Å². The molecule has 2 N–H and O–H groups in total. The zero-order valence-corrected chi connectivity index (χ0v) is 14.3. The monoisotopic (exact) mass is 350 g/mol. The molecule has 2 aromatic carbocycles. The van der Waals surface area contributed by atoms with Crippen LogP contribution in [0.25, 0.3) is 0 Å². The molecule has 2 rings (SSSR count). The van der Waals surface area contributed by atoms with E-state index in [1.165, 1.54) is 20.3 Å². The molecular formula is C16H18N2O5S. The number of para-hydroxylation sites is 1. The average Bonchev–Trinajstić information content (AvgIpc) is 2.53. The lowest BCUT2D eigenvalue weighted by molar-refractivity contribution is 0.102. The maximum atomic E-state index is 12.4. The molecule has 0 atom stereocenters. The van der Waals surface area contributed by atoms with Crippen LogP contribution < -0.4 is 19.5 Å². The molecule has 128 valence electrons. The van der Waals surface area contributed by atoms with Gasteiger partial charge in [0.2, 0.25) is 10.0 Å². The lowest BCUT2D eigenvalue weighted by atomic mass is 10.1. The van der Waals surface area contributed by atoms with Crippen molar-refractivity contribution in [2.24, 2.45) is 0 Å². The second-order valence-corrected chi connectivity index (χ2v) is 6.69. The summed E-state index contributed by atoms with van der Waals surface area (Å²) < 4.78 is 35.5. The van der Waals surface area contributed by atoms with Gasteiger partial charge in [0.05, 0.1) is 31.7 Å². The lowest BCUT2D eigenvalue weighted by Gasteiger charge is -2.13. The Morgan fingerprint density at radius 3 is 2.29 bits per heavy atom. The Labute approximate surface area is 140 Å². The van der Waals surface area contributed by atoms with Crippen molar-refractivity contribution in [2.45, 2.75) is 0 Å². The molecule has 24 heavy (non-hydrogen) atoms. The van der Waals surface area contributed by atoms with E-state index < -0.39 is 10.0 Å². The van der Waals surface area contributed by atoms with Gasteiger partial charge in [-0.1, -0.05) is 12.1 Å². The summed E-state index contributed by atoms with van der Waals surface area (Å²) in [6, 6.07) is 11.4. The Balaban J connectivity index is 2.29. The highest BCUT2D eigenvalue weighted by Gasteiger charge is 2.14. The Hall–Kier alpha value is -2.74. The Kier molecular flexibility index (Phi) is 5.30. The van der Waals surface area contributed by atoms with Gasteiger partial charge in [0, 0.05) is 5.69 Å². The summed E-state index contributed by atoms with van der Waals surface area (Å²) in [6.45, 7) is 0. The maximum absolute atomic E-state index is 12.4. The van der Waals surface area contributed by atoms with Crippen LogP contribution in [-0.4, -0.2) is 34.8 Å². The lowest BCUT2D eigenvalue weighted by Crippen LogP contribution is -2.14. The Morgan fingerprint density at radius 1 is 1.00 bits per heavy atom. The van der Waals surface area contributed by atoms with Crippen LogP contribution in [0.1, 0.15) is 10.4 Å². The molecule has 0 aromatic heterocycles. The third-order valence-electron chi connectivity index (χ3n) is 3.10. The van der Waals surface area contributed by atoms with Gasteiger partial charge < -0.3 is 14.8 Å². The minimum atomic E-state index is -3.48. The van der Waals surface area contributed by atoms with Gasteiger partial charge in [-0.15, -0.1) is 0 Å². The summed E-state index contributed by atoms with van der Waals surface area (Å²) in [6.07, 6.45) is 1.03. The van der Waals surface area contributed by atoms with Gasteiger partial charge >= 0.3 is 0 Å². The molecular weight excluding hydrogens is 332 g/mol. The molecule has 1 amide bonds. The van der Waals surface area contributed by atoms with Gasteiger partial charge in [0.1, 0.15) is 11.5 Å². The van der Waals surface area contributed by atoms with Crippen LogP contribution in [0.2, 0.25) is 0 Å². The summed E-state index contributed by atoms with van der Waals surface area (Å²) in [4.78, 5) is 12.4. The summed E-state index contributed by atoms with van der Waals surface area (Å²) in [5.41, 5.74) is 1.02. The molecule has 0 aliphatic heterocycles. The number of amides is 1. The Morgan fingerprint density at radius 2 is 1.67 bits per heavy atom. The molecule has 0 aliphatic rings. The van der Waals surface area contributed by atoms with Gasteiger partial charge in [-0.25, -0.2) is 8.42 Å². The van der Waals surface area contributed by atoms with Crippen LogP contribution in [0.3, 0.4) is 0 Å². The van der Waals surface area contributed by atoms with Crippen molar-refractivity contribution in [2.75, 3.05) is 30.5 Å². The van der Waals surface area contributed by atoms with E-state index in [9.17, 15) is 13.2 Å². The van der Waals surface area contributed by atoms with Crippen molar-refractivity contribution >= 4 is 27.3 Å². The van der Waals surface area contributed by atoms with E-state index >= 15 is 0 Å². The number of nitrogens with one attached hydrogen (secondary N) is 2. The molecule has 0 unspecified atom stereocenters. The van der Waals surface area contributed by atoms with Crippen molar-refractivity contribution in [3.63, 3.8) is 0 Å². The van der Waals surface area contributed by atoms with E-state index in [-0.39, 0.29) is 11.6 Å². The number of sulfonamides is 1. The van der Waals surface area contributed by atoms with Crippen LogP contribution in [0.4, 0.5) is 11.4 Å². The second-order valence-electron chi connectivity index (χ2n) is 4.94. The molecule has 7 nitrogen and oxygen atoms in total. The molecule has 0 radical (unpaired) electrons. The summed E-state index contributed by atoms with van der Waals surface area (Å²) in [7, 11) is -0.574. The zero-order valence-electron chi connectivity index (χ0n) is 13.5. The molecule has 2 aromatic rings.